The van der Waals surface area contributed by atoms with Crippen LogP contribution >= 0.6 is 11.6 Å². The number of hydrogen-bond donors (Lipinski definition) is 1. The second-order valence-corrected chi connectivity index (χ2v) is 6.10. The van der Waals surface area contributed by atoms with Crippen LogP contribution in [-0.4, -0.2) is 53.4 Å². The number of nitrogens with zero attached hydrogens (tertiary/aromatic N) is 3. The van der Waals surface area contributed by atoms with E-state index in [4.69, 9.17) is 16.3 Å². The maximum Gasteiger partial charge on any atom is 0.241 e. The summed E-state index contributed by atoms with van der Waals surface area (Å²) in [6, 6.07) is 9.62. The smallest absolute Gasteiger partial charge is 0.241 e. The van der Waals surface area contributed by atoms with Gasteiger partial charge in [0.1, 0.15) is 6.54 Å². The largest absolute Gasteiger partial charge is 0.379 e. The molecule has 1 N–H and O–H groups in total. The Kier molecular flexibility index (Phi) is 5.85. The first-order valence-corrected chi connectivity index (χ1v) is 8.42. The molecule has 0 saturated carbocycles. The van der Waals surface area contributed by atoms with Crippen molar-refractivity contribution in [2.45, 2.75) is 12.6 Å². The van der Waals surface area contributed by atoms with Gasteiger partial charge in [-0.2, -0.15) is 5.10 Å². The third kappa shape index (κ3) is 4.35. The third-order valence-corrected chi connectivity index (χ3v) is 4.45. The first kappa shape index (κ1) is 17.0. The molecular weight excluding hydrogens is 328 g/mol. The fourth-order valence-electron chi connectivity index (χ4n) is 2.88. The molecule has 2 heterocycles. The van der Waals surface area contributed by atoms with Crippen LogP contribution in [0.15, 0.2) is 42.7 Å². The maximum atomic E-state index is 12.2. The Labute approximate surface area is 146 Å². The van der Waals surface area contributed by atoms with E-state index in [9.17, 15) is 4.79 Å². The molecule has 1 aliphatic heterocycles. The Bertz CT molecular complexity index is 656. The number of rotatable bonds is 6. The van der Waals surface area contributed by atoms with E-state index in [1.165, 1.54) is 0 Å². The zero-order valence-corrected chi connectivity index (χ0v) is 14.2. The van der Waals surface area contributed by atoms with Crippen LogP contribution < -0.4 is 5.32 Å². The van der Waals surface area contributed by atoms with Crippen molar-refractivity contribution >= 4 is 17.5 Å². The topological polar surface area (TPSA) is 59.4 Å². The number of aromatic nitrogens is 2. The Morgan fingerprint density at radius 3 is 2.79 bits per heavy atom. The van der Waals surface area contributed by atoms with Gasteiger partial charge < -0.3 is 10.1 Å². The van der Waals surface area contributed by atoms with Gasteiger partial charge >= 0.3 is 0 Å². The summed E-state index contributed by atoms with van der Waals surface area (Å²) in [4.78, 5) is 14.5. The zero-order chi connectivity index (χ0) is 16.8. The molecule has 1 aromatic carbocycles. The molecule has 3 rings (SSSR count). The number of carbonyl (C=O) groups excluding carboxylic acids is 1. The molecule has 7 heteroatoms. The van der Waals surface area contributed by atoms with Gasteiger partial charge in [-0.15, -0.1) is 0 Å². The third-order valence-electron chi connectivity index (χ3n) is 4.11. The minimum absolute atomic E-state index is 0.0316. The second kappa shape index (κ2) is 8.28. The first-order chi connectivity index (χ1) is 11.7. The average molecular weight is 349 g/mol. The van der Waals surface area contributed by atoms with Crippen molar-refractivity contribution < 1.29 is 9.53 Å². The van der Waals surface area contributed by atoms with Crippen molar-refractivity contribution in [3.8, 4) is 0 Å². The van der Waals surface area contributed by atoms with E-state index in [2.05, 4.69) is 15.3 Å². The molecule has 1 aromatic heterocycles. The lowest BCUT2D eigenvalue weighted by Crippen LogP contribution is -2.44. The summed E-state index contributed by atoms with van der Waals surface area (Å²) in [5, 5.41) is 7.77. The van der Waals surface area contributed by atoms with E-state index in [1.807, 2.05) is 24.3 Å². The van der Waals surface area contributed by atoms with Crippen molar-refractivity contribution in [3.05, 3.63) is 53.3 Å². The van der Waals surface area contributed by atoms with Crippen molar-refractivity contribution in [2.24, 2.45) is 0 Å². The highest BCUT2D eigenvalue weighted by atomic mass is 35.5. The van der Waals surface area contributed by atoms with Gasteiger partial charge in [-0.05, 0) is 17.7 Å². The van der Waals surface area contributed by atoms with E-state index in [0.29, 0.717) is 19.8 Å². The first-order valence-electron chi connectivity index (χ1n) is 8.04. The molecule has 0 aliphatic carbocycles. The lowest BCUT2D eigenvalue weighted by molar-refractivity contribution is -0.122. The quantitative estimate of drug-likeness (QED) is 0.863. The minimum Gasteiger partial charge on any atom is -0.379 e. The van der Waals surface area contributed by atoms with E-state index in [0.717, 1.165) is 23.7 Å². The lowest BCUT2D eigenvalue weighted by atomic mass is 10.0. The Morgan fingerprint density at radius 2 is 2.08 bits per heavy atom. The molecule has 2 aromatic rings. The SMILES string of the molecule is O=C(Cn1cccn1)NCC(c1ccccc1Cl)N1CCOCC1. The van der Waals surface area contributed by atoms with Gasteiger partial charge in [0.2, 0.25) is 5.91 Å². The Morgan fingerprint density at radius 1 is 1.29 bits per heavy atom. The van der Waals surface area contributed by atoms with Crippen LogP contribution in [0.5, 0.6) is 0 Å². The van der Waals surface area contributed by atoms with Gasteiger partial charge in [0.15, 0.2) is 0 Å². The van der Waals surface area contributed by atoms with Gasteiger partial charge in [0.25, 0.3) is 0 Å². The van der Waals surface area contributed by atoms with E-state index < -0.39 is 0 Å². The van der Waals surface area contributed by atoms with E-state index in [-0.39, 0.29) is 18.5 Å². The predicted octanol–water partition coefficient (Wildman–Crippen LogP) is 1.73. The van der Waals surface area contributed by atoms with Crippen molar-refractivity contribution in [2.75, 3.05) is 32.8 Å². The number of morpholine rings is 1. The van der Waals surface area contributed by atoms with Crippen LogP contribution in [0.2, 0.25) is 5.02 Å². The van der Waals surface area contributed by atoms with Gasteiger partial charge in [-0.3, -0.25) is 14.4 Å². The molecule has 0 spiro atoms. The molecule has 0 bridgehead atoms. The summed E-state index contributed by atoms with van der Waals surface area (Å²) in [7, 11) is 0. The number of hydrogen-bond acceptors (Lipinski definition) is 4. The molecule has 128 valence electrons. The number of halogens is 1. The number of nitrogens with one attached hydrogen (secondary N) is 1. The molecule has 1 fully saturated rings. The highest BCUT2D eigenvalue weighted by molar-refractivity contribution is 6.31. The molecule has 1 unspecified atom stereocenters. The van der Waals surface area contributed by atoms with Gasteiger partial charge in [0, 0.05) is 37.1 Å². The van der Waals surface area contributed by atoms with Crippen LogP contribution in [0.1, 0.15) is 11.6 Å². The fourth-order valence-corrected chi connectivity index (χ4v) is 3.14. The summed E-state index contributed by atoms with van der Waals surface area (Å²) in [6.45, 7) is 3.76. The average Bonchev–Trinajstić information content (AvgIpc) is 3.10. The van der Waals surface area contributed by atoms with E-state index in [1.54, 1.807) is 23.1 Å². The molecule has 0 radical (unpaired) electrons. The number of benzene rings is 1. The monoisotopic (exact) mass is 348 g/mol. The Balaban J connectivity index is 1.67. The van der Waals surface area contributed by atoms with Crippen molar-refractivity contribution in [1.82, 2.24) is 20.0 Å². The summed E-state index contributed by atoms with van der Waals surface area (Å²) in [5.74, 6) is -0.0657. The zero-order valence-electron chi connectivity index (χ0n) is 13.4. The van der Waals surface area contributed by atoms with Crippen LogP contribution in [0, 0.1) is 0 Å². The summed E-state index contributed by atoms with van der Waals surface area (Å²) < 4.78 is 7.04. The molecule has 6 nitrogen and oxygen atoms in total. The number of amides is 1. The van der Waals surface area contributed by atoms with Crippen LogP contribution in [0.4, 0.5) is 0 Å². The summed E-state index contributed by atoms with van der Waals surface area (Å²) in [5.41, 5.74) is 1.03. The van der Waals surface area contributed by atoms with E-state index >= 15 is 0 Å². The van der Waals surface area contributed by atoms with Crippen LogP contribution in [0.3, 0.4) is 0 Å². The minimum atomic E-state index is -0.0657. The molecular formula is C17H21ClN4O2. The second-order valence-electron chi connectivity index (χ2n) is 5.69. The van der Waals surface area contributed by atoms with Crippen molar-refractivity contribution in [1.29, 1.82) is 0 Å². The van der Waals surface area contributed by atoms with Crippen LogP contribution in [-0.2, 0) is 16.1 Å². The number of ether oxygens (including phenoxy) is 1. The van der Waals surface area contributed by atoms with Gasteiger partial charge in [-0.1, -0.05) is 29.8 Å². The standard InChI is InChI=1S/C17H21ClN4O2/c18-15-5-2-1-4-14(15)16(21-8-10-24-11-9-21)12-19-17(23)13-22-7-3-6-20-22/h1-7,16H,8-13H2,(H,19,23). The highest BCUT2D eigenvalue weighted by Crippen LogP contribution is 2.27. The molecule has 1 saturated heterocycles. The number of carbonyl (C=O) groups is 1. The van der Waals surface area contributed by atoms with Crippen molar-refractivity contribution in [3.63, 3.8) is 0 Å². The van der Waals surface area contributed by atoms with Crippen LogP contribution in [0.25, 0.3) is 0 Å². The predicted molar refractivity (Wildman–Crippen MR) is 91.8 cm³/mol. The molecule has 1 amide bonds. The fraction of sp³-hybridized carbons (Fsp3) is 0.412. The summed E-state index contributed by atoms with van der Waals surface area (Å²) >= 11 is 6.38. The normalized spacial score (nSPS) is 16.7. The van der Waals surface area contributed by atoms with Gasteiger partial charge in [0.05, 0.1) is 19.3 Å². The van der Waals surface area contributed by atoms with Gasteiger partial charge in [-0.25, -0.2) is 0 Å². The maximum absolute atomic E-state index is 12.2. The Hall–Kier alpha value is -1.89. The molecule has 1 aliphatic rings. The summed E-state index contributed by atoms with van der Waals surface area (Å²) in [6.07, 6.45) is 3.43. The molecule has 24 heavy (non-hydrogen) atoms. The lowest BCUT2D eigenvalue weighted by Gasteiger charge is -2.35. The highest BCUT2D eigenvalue weighted by Gasteiger charge is 2.24. The molecule has 1 atom stereocenters.